The molecule has 3 rings (SSSR count). The third-order valence-electron chi connectivity index (χ3n) is 5.26. The van der Waals surface area contributed by atoms with Crippen molar-refractivity contribution in [3.05, 3.63) is 30.1 Å². The van der Waals surface area contributed by atoms with Crippen molar-refractivity contribution in [2.24, 2.45) is 4.99 Å². The van der Waals surface area contributed by atoms with Crippen LogP contribution in [0.1, 0.15) is 32.1 Å². The van der Waals surface area contributed by atoms with E-state index in [2.05, 4.69) is 20.5 Å². The summed E-state index contributed by atoms with van der Waals surface area (Å²) in [5.74, 6) is 0.0580. The second kappa shape index (κ2) is 13.1. The highest BCUT2D eigenvalue weighted by Gasteiger charge is 2.24. The minimum Gasteiger partial charge on any atom is -0.376 e. The normalized spacial score (nSPS) is 20.4. The smallest absolute Gasteiger partial charge is 0.243 e. The summed E-state index contributed by atoms with van der Waals surface area (Å²) in [5.41, 5.74) is 0.437. The van der Waals surface area contributed by atoms with E-state index < -0.39 is 0 Å². The molecule has 2 heterocycles. The van der Waals surface area contributed by atoms with Crippen molar-refractivity contribution in [3.8, 4) is 0 Å². The number of piperidine rings is 1. The molecule has 0 saturated carbocycles. The number of guanidine groups is 1. The van der Waals surface area contributed by atoms with Gasteiger partial charge in [0.25, 0.3) is 0 Å². The van der Waals surface area contributed by atoms with Gasteiger partial charge in [0.15, 0.2) is 5.96 Å². The first kappa shape index (κ1) is 24.8. The lowest BCUT2D eigenvalue weighted by molar-refractivity contribution is -0.115. The fourth-order valence-corrected chi connectivity index (χ4v) is 3.68. The first-order chi connectivity index (χ1) is 14.1. The van der Waals surface area contributed by atoms with Crippen molar-refractivity contribution in [2.75, 3.05) is 45.2 Å². The summed E-state index contributed by atoms with van der Waals surface area (Å²) < 4.78 is 25.0. The fourth-order valence-electron chi connectivity index (χ4n) is 3.68. The SMILES string of the molecule is CN=C(NCC(=O)Nc1cccc(F)c1)N1CCC(OCC2CCCCO2)CC1.I. The molecule has 9 heteroatoms. The Bertz CT molecular complexity index is 693. The van der Waals surface area contributed by atoms with Gasteiger partial charge in [-0.25, -0.2) is 4.39 Å². The lowest BCUT2D eigenvalue weighted by atomic mass is 10.1. The molecular weight excluding hydrogens is 502 g/mol. The number of amides is 1. The Morgan fingerprint density at radius 2 is 2.10 bits per heavy atom. The van der Waals surface area contributed by atoms with E-state index in [1.54, 1.807) is 19.2 Å². The molecule has 2 N–H and O–H groups in total. The second-order valence-corrected chi connectivity index (χ2v) is 7.47. The molecule has 7 nitrogen and oxygen atoms in total. The monoisotopic (exact) mass is 534 g/mol. The molecule has 0 bridgehead atoms. The number of nitrogens with zero attached hydrogens (tertiary/aromatic N) is 2. The van der Waals surface area contributed by atoms with Gasteiger partial charge >= 0.3 is 0 Å². The van der Waals surface area contributed by atoms with Crippen LogP contribution in [0.2, 0.25) is 0 Å². The van der Waals surface area contributed by atoms with Crippen molar-refractivity contribution in [1.82, 2.24) is 10.2 Å². The molecule has 2 saturated heterocycles. The number of rotatable bonds is 6. The maximum absolute atomic E-state index is 13.2. The molecule has 30 heavy (non-hydrogen) atoms. The van der Waals surface area contributed by atoms with Gasteiger partial charge in [-0.2, -0.15) is 0 Å². The predicted molar refractivity (Wildman–Crippen MR) is 126 cm³/mol. The molecule has 0 spiro atoms. The zero-order chi connectivity index (χ0) is 20.5. The summed E-state index contributed by atoms with van der Waals surface area (Å²) in [4.78, 5) is 18.5. The summed E-state index contributed by atoms with van der Waals surface area (Å²) in [6.07, 6.45) is 5.79. The second-order valence-electron chi connectivity index (χ2n) is 7.47. The van der Waals surface area contributed by atoms with Crippen LogP contribution in [0.25, 0.3) is 0 Å². The van der Waals surface area contributed by atoms with Gasteiger partial charge in [0.05, 0.1) is 25.4 Å². The van der Waals surface area contributed by atoms with E-state index in [4.69, 9.17) is 9.47 Å². The number of aliphatic imine (C=N–C) groups is 1. The standard InChI is InChI=1S/C21H31FN4O3.HI/c1-23-21(24-14-20(27)25-17-6-4-5-16(22)13-17)26-10-8-18(9-11-26)29-15-19-7-2-3-12-28-19;/h4-6,13,18-19H,2-3,7-12,14-15H2,1H3,(H,23,24)(H,25,27);1H. The highest BCUT2D eigenvalue weighted by Crippen LogP contribution is 2.18. The summed E-state index contributed by atoms with van der Waals surface area (Å²) in [7, 11) is 1.70. The molecule has 1 unspecified atom stereocenters. The highest BCUT2D eigenvalue weighted by molar-refractivity contribution is 14.0. The van der Waals surface area contributed by atoms with Crippen LogP contribution in [0.5, 0.6) is 0 Å². The summed E-state index contributed by atoms with van der Waals surface area (Å²) in [6.45, 7) is 3.24. The number of carbonyl (C=O) groups is 1. The van der Waals surface area contributed by atoms with E-state index in [-0.39, 0.29) is 54.5 Å². The van der Waals surface area contributed by atoms with E-state index in [1.165, 1.54) is 18.6 Å². The van der Waals surface area contributed by atoms with Crippen molar-refractivity contribution in [1.29, 1.82) is 0 Å². The van der Waals surface area contributed by atoms with Crippen molar-refractivity contribution in [2.45, 2.75) is 44.3 Å². The third-order valence-corrected chi connectivity index (χ3v) is 5.26. The van der Waals surface area contributed by atoms with Crippen molar-refractivity contribution < 1.29 is 18.7 Å². The van der Waals surface area contributed by atoms with E-state index in [1.807, 2.05) is 0 Å². The molecule has 2 aliphatic rings. The van der Waals surface area contributed by atoms with E-state index in [0.717, 1.165) is 45.4 Å². The number of ether oxygens (including phenoxy) is 2. The Labute approximate surface area is 194 Å². The highest BCUT2D eigenvalue weighted by atomic mass is 127. The van der Waals surface area contributed by atoms with Gasteiger partial charge in [0, 0.05) is 32.4 Å². The Morgan fingerprint density at radius 3 is 2.77 bits per heavy atom. The van der Waals surface area contributed by atoms with Crippen LogP contribution >= 0.6 is 24.0 Å². The topological polar surface area (TPSA) is 75.2 Å². The maximum Gasteiger partial charge on any atom is 0.243 e. The van der Waals surface area contributed by atoms with Gasteiger partial charge in [-0.15, -0.1) is 24.0 Å². The molecule has 1 amide bonds. The number of hydrogen-bond donors (Lipinski definition) is 2. The summed E-state index contributed by atoms with van der Waals surface area (Å²) in [5, 5.41) is 5.75. The summed E-state index contributed by atoms with van der Waals surface area (Å²) >= 11 is 0. The largest absolute Gasteiger partial charge is 0.376 e. The number of likely N-dealkylation sites (tertiary alicyclic amines) is 1. The Morgan fingerprint density at radius 1 is 1.30 bits per heavy atom. The van der Waals surface area contributed by atoms with Crippen LogP contribution < -0.4 is 10.6 Å². The van der Waals surface area contributed by atoms with Gasteiger partial charge in [-0.1, -0.05) is 6.07 Å². The van der Waals surface area contributed by atoms with Crippen LogP contribution in [0.3, 0.4) is 0 Å². The van der Waals surface area contributed by atoms with Gasteiger partial charge in [-0.05, 0) is 50.3 Å². The maximum atomic E-state index is 13.2. The van der Waals surface area contributed by atoms with Crippen LogP contribution in [-0.2, 0) is 14.3 Å². The van der Waals surface area contributed by atoms with Gasteiger partial charge in [-0.3, -0.25) is 9.79 Å². The zero-order valence-electron chi connectivity index (χ0n) is 17.4. The van der Waals surface area contributed by atoms with E-state index in [0.29, 0.717) is 18.3 Å². The molecule has 2 aliphatic heterocycles. The zero-order valence-corrected chi connectivity index (χ0v) is 19.8. The number of carbonyl (C=O) groups excluding carboxylic acids is 1. The number of nitrogens with one attached hydrogen (secondary N) is 2. The number of anilines is 1. The third kappa shape index (κ3) is 7.99. The molecular formula is C21H32FIN4O3. The Kier molecular flexibility index (Phi) is 10.8. The molecule has 1 aromatic rings. The first-order valence-corrected chi connectivity index (χ1v) is 10.4. The van der Waals surface area contributed by atoms with E-state index in [9.17, 15) is 9.18 Å². The quantitative estimate of drug-likeness (QED) is 0.334. The molecule has 2 fully saturated rings. The number of hydrogen-bond acceptors (Lipinski definition) is 4. The predicted octanol–water partition coefficient (Wildman–Crippen LogP) is 3.01. The molecule has 1 atom stereocenters. The lowest BCUT2D eigenvalue weighted by Crippen LogP contribution is -2.48. The first-order valence-electron chi connectivity index (χ1n) is 10.4. The molecule has 0 aliphatic carbocycles. The average Bonchev–Trinajstić information content (AvgIpc) is 2.74. The van der Waals surface area contributed by atoms with Crippen LogP contribution in [0, 0.1) is 5.82 Å². The number of benzene rings is 1. The number of halogens is 2. The van der Waals surface area contributed by atoms with Gasteiger partial charge in [0.2, 0.25) is 5.91 Å². The van der Waals surface area contributed by atoms with Crippen LogP contribution in [0.15, 0.2) is 29.3 Å². The average molecular weight is 534 g/mol. The molecule has 1 aromatic carbocycles. The lowest BCUT2D eigenvalue weighted by Gasteiger charge is -2.35. The molecule has 0 radical (unpaired) electrons. The van der Waals surface area contributed by atoms with Crippen LogP contribution in [0.4, 0.5) is 10.1 Å². The van der Waals surface area contributed by atoms with Crippen LogP contribution in [-0.4, -0.2) is 68.9 Å². The van der Waals surface area contributed by atoms with Crippen molar-refractivity contribution >= 4 is 41.5 Å². The Hall–Kier alpha value is -1.46. The van der Waals surface area contributed by atoms with E-state index >= 15 is 0 Å². The minimum absolute atomic E-state index is 0. The Balaban J connectivity index is 0.00000320. The molecule has 168 valence electrons. The molecule has 0 aromatic heterocycles. The minimum atomic E-state index is -0.383. The summed E-state index contributed by atoms with van der Waals surface area (Å²) in [6, 6.07) is 5.84. The van der Waals surface area contributed by atoms with Gasteiger partial charge < -0.3 is 25.0 Å². The fraction of sp³-hybridized carbons (Fsp3) is 0.619. The van der Waals surface area contributed by atoms with Crippen molar-refractivity contribution in [3.63, 3.8) is 0 Å². The van der Waals surface area contributed by atoms with Gasteiger partial charge in [0.1, 0.15) is 5.82 Å².